The van der Waals surface area contributed by atoms with E-state index in [0.29, 0.717) is 6.42 Å². The van der Waals surface area contributed by atoms with Gasteiger partial charge >= 0.3 is 0 Å². The number of ketones is 1. The number of fused-ring (bicyclic) bond motifs is 2. The Hall–Kier alpha value is -1.06. The zero-order chi connectivity index (χ0) is 11.8. The van der Waals surface area contributed by atoms with Crippen LogP contribution in [0.15, 0.2) is 56.7 Å². The molecule has 84 valence electrons. The molecule has 1 aliphatic heterocycles. The molecule has 0 amide bonds. The van der Waals surface area contributed by atoms with Crippen LogP contribution in [-0.4, -0.2) is 5.78 Å². The SMILES string of the molecule is O=C1Cc2ccccc2Sc2cc(Br)ccc21. The van der Waals surface area contributed by atoms with Crippen molar-refractivity contribution < 1.29 is 4.79 Å². The molecule has 0 atom stereocenters. The molecule has 2 aromatic rings. The number of carbonyl (C=O) groups is 1. The van der Waals surface area contributed by atoms with Gasteiger partial charge in [0.25, 0.3) is 0 Å². The first-order valence-corrected chi connectivity index (χ1v) is 6.93. The lowest BCUT2D eigenvalue weighted by Crippen LogP contribution is -2.02. The van der Waals surface area contributed by atoms with Gasteiger partial charge in [0.05, 0.1) is 0 Å². The number of carbonyl (C=O) groups excluding carboxylic acids is 1. The molecule has 0 N–H and O–H groups in total. The van der Waals surface area contributed by atoms with Gasteiger partial charge < -0.3 is 0 Å². The molecular formula is C14H9BrOS. The van der Waals surface area contributed by atoms with Crippen LogP contribution in [0.5, 0.6) is 0 Å². The molecule has 2 aromatic carbocycles. The van der Waals surface area contributed by atoms with E-state index in [1.807, 2.05) is 36.4 Å². The van der Waals surface area contributed by atoms with Crippen molar-refractivity contribution in [2.45, 2.75) is 16.2 Å². The number of hydrogen-bond acceptors (Lipinski definition) is 2. The molecule has 1 aliphatic rings. The molecule has 0 radical (unpaired) electrons. The summed E-state index contributed by atoms with van der Waals surface area (Å²) in [5.41, 5.74) is 1.95. The molecule has 3 rings (SSSR count). The molecule has 0 unspecified atom stereocenters. The summed E-state index contributed by atoms with van der Waals surface area (Å²) in [5, 5.41) is 0. The second kappa shape index (κ2) is 4.31. The second-order valence-corrected chi connectivity index (χ2v) is 5.95. The van der Waals surface area contributed by atoms with E-state index in [-0.39, 0.29) is 5.78 Å². The maximum atomic E-state index is 12.2. The van der Waals surface area contributed by atoms with E-state index >= 15 is 0 Å². The summed E-state index contributed by atoms with van der Waals surface area (Å²) in [7, 11) is 0. The van der Waals surface area contributed by atoms with Crippen LogP contribution < -0.4 is 0 Å². The minimum atomic E-state index is 0.199. The fourth-order valence-corrected chi connectivity index (χ4v) is 3.59. The van der Waals surface area contributed by atoms with Crippen LogP contribution in [0.4, 0.5) is 0 Å². The third-order valence-electron chi connectivity index (χ3n) is 2.79. The van der Waals surface area contributed by atoms with Gasteiger partial charge in [-0.1, -0.05) is 45.9 Å². The summed E-state index contributed by atoms with van der Waals surface area (Å²) in [4.78, 5) is 14.4. The Morgan fingerprint density at radius 3 is 2.76 bits per heavy atom. The van der Waals surface area contributed by atoms with E-state index in [1.165, 1.54) is 4.90 Å². The third-order valence-corrected chi connectivity index (χ3v) is 4.46. The first-order valence-electron chi connectivity index (χ1n) is 5.32. The van der Waals surface area contributed by atoms with Gasteiger partial charge in [0, 0.05) is 26.2 Å². The first kappa shape index (κ1) is 11.1. The average molecular weight is 305 g/mol. The van der Waals surface area contributed by atoms with E-state index in [4.69, 9.17) is 0 Å². The molecule has 0 spiro atoms. The van der Waals surface area contributed by atoms with Crippen LogP contribution in [0.25, 0.3) is 0 Å². The number of hydrogen-bond donors (Lipinski definition) is 0. The van der Waals surface area contributed by atoms with Crippen LogP contribution >= 0.6 is 27.7 Å². The highest BCUT2D eigenvalue weighted by molar-refractivity contribution is 9.10. The van der Waals surface area contributed by atoms with Crippen molar-refractivity contribution in [3.05, 3.63) is 58.1 Å². The molecule has 3 heteroatoms. The molecule has 0 aliphatic carbocycles. The number of Topliss-reactive ketones (excluding diaryl/α,β-unsaturated/α-hetero) is 1. The molecule has 0 fully saturated rings. The van der Waals surface area contributed by atoms with Crippen molar-refractivity contribution in [1.82, 2.24) is 0 Å². The average Bonchev–Trinajstić information content (AvgIpc) is 2.44. The summed E-state index contributed by atoms with van der Waals surface area (Å²) >= 11 is 5.12. The van der Waals surface area contributed by atoms with Crippen LogP contribution in [-0.2, 0) is 6.42 Å². The van der Waals surface area contributed by atoms with E-state index in [2.05, 4.69) is 22.0 Å². The molecule has 1 heterocycles. The lowest BCUT2D eigenvalue weighted by molar-refractivity contribution is 0.0990. The van der Waals surface area contributed by atoms with Crippen LogP contribution in [0.3, 0.4) is 0 Å². The zero-order valence-electron chi connectivity index (χ0n) is 8.94. The molecule has 0 aromatic heterocycles. The molecule has 0 bridgehead atoms. The molecule has 0 saturated carbocycles. The largest absolute Gasteiger partial charge is 0.294 e. The Morgan fingerprint density at radius 2 is 1.88 bits per heavy atom. The summed E-state index contributed by atoms with van der Waals surface area (Å²) in [6.45, 7) is 0. The van der Waals surface area contributed by atoms with Crippen LogP contribution in [0.1, 0.15) is 15.9 Å². The van der Waals surface area contributed by atoms with Crippen molar-refractivity contribution in [3.8, 4) is 0 Å². The normalized spacial score (nSPS) is 13.8. The number of halogens is 1. The van der Waals surface area contributed by atoms with Gasteiger partial charge in [-0.05, 0) is 29.8 Å². The third kappa shape index (κ3) is 2.05. The monoisotopic (exact) mass is 304 g/mol. The van der Waals surface area contributed by atoms with E-state index in [9.17, 15) is 4.79 Å². The van der Waals surface area contributed by atoms with Crippen molar-refractivity contribution in [2.75, 3.05) is 0 Å². The van der Waals surface area contributed by atoms with Gasteiger partial charge in [0.2, 0.25) is 0 Å². The molecule has 1 nitrogen and oxygen atoms in total. The zero-order valence-corrected chi connectivity index (χ0v) is 11.3. The summed E-state index contributed by atoms with van der Waals surface area (Å²) < 4.78 is 1.01. The van der Waals surface area contributed by atoms with E-state index in [1.54, 1.807) is 11.8 Å². The topological polar surface area (TPSA) is 17.1 Å². The van der Waals surface area contributed by atoms with E-state index in [0.717, 1.165) is 20.5 Å². The van der Waals surface area contributed by atoms with Gasteiger partial charge in [-0.3, -0.25) is 4.79 Å². The summed E-state index contributed by atoms with van der Waals surface area (Å²) in [6, 6.07) is 13.9. The Labute approximate surface area is 112 Å². The fraction of sp³-hybridized carbons (Fsp3) is 0.0714. The van der Waals surface area contributed by atoms with Gasteiger partial charge in [-0.15, -0.1) is 0 Å². The van der Waals surface area contributed by atoms with Gasteiger partial charge in [-0.25, -0.2) is 0 Å². The smallest absolute Gasteiger partial charge is 0.168 e. The Morgan fingerprint density at radius 1 is 1.06 bits per heavy atom. The van der Waals surface area contributed by atoms with Crippen molar-refractivity contribution >= 4 is 33.5 Å². The second-order valence-electron chi connectivity index (χ2n) is 3.95. The minimum absolute atomic E-state index is 0.199. The van der Waals surface area contributed by atoms with Gasteiger partial charge in [-0.2, -0.15) is 0 Å². The number of benzene rings is 2. The highest BCUT2D eigenvalue weighted by Gasteiger charge is 2.19. The Bertz CT molecular complexity index is 607. The lowest BCUT2D eigenvalue weighted by atomic mass is 10.0. The maximum Gasteiger partial charge on any atom is 0.168 e. The fourth-order valence-electron chi connectivity index (χ4n) is 1.95. The Kier molecular flexibility index (Phi) is 2.81. The van der Waals surface area contributed by atoms with Crippen LogP contribution in [0, 0.1) is 0 Å². The Balaban J connectivity index is 2.18. The van der Waals surface area contributed by atoms with Crippen molar-refractivity contribution in [3.63, 3.8) is 0 Å². The van der Waals surface area contributed by atoms with Crippen LogP contribution in [0.2, 0.25) is 0 Å². The number of rotatable bonds is 0. The molecule has 0 saturated heterocycles. The standard InChI is InChI=1S/C14H9BrOS/c15-10-5-6-11-12(16)7-9-3-1-2-4-13(9)17-14(11)8-10/h1-6,8H,7H2. The van der Waals surface area contributed by atoms with Crippen molar-refractivity contribution in [1.29, 1.82) is 0 Å². The molecule has 17 heavy (non-hydrogen) atoms. The minimum Gasteiger partial charge on any atom is -0.294 e. The van der Waals surface area contributed by atoms with Gasteiger partial charge in [0.15, 0.2) is 5.78 Å². The summed E-state index contributed by atoms with van der Waals surface area (Å²) in [6.07, 6.45) is 0.498. The quantitative estimate of drug-likeness (QED) is 0.720. The highest BCUT2D eigenvalue weighted by atomic mass is 79.9. The predicted molar refractivity (Wildman–Crippen MR) is 72.7 cm³/mol. The molecular weight excluding hydrogens is 296 g/mol. The van der Waals surface area contributed by atoms with Gasteiger partial charge in [0.1, 0.15) is 0 Å². The first-order chi connectivity index (χ1) is 8.24. The highest BCUT2D eigenvalue weighted by Crippen LogP contribution is 2.38. The predicted octanol–water partition coefficient (Wildman–Crippen LogP) is 4.34. The summed E-state index contributed by atoms with van der Waals surface area (Å²) in [5.74, 6) is 0.199. The van der Waals surface area contributed by atoms with E-state index < -0.39 is 0 Å². The van der Waals surface area contributed by atoms with Crippen molar-refractivity contribution in [2.24, 2.45) is 0 Å². The maximum absolute atomic E-state index is 12.2. The lowest BCUT2D eigenvalue weighted by Gasteiger charge is -2.04.